The normalized spacial score (nSPS) is 15.1. The fourth-order valence-electron chi connectivity index (χ4n) is 3.70. The van der Waals surface area contributed by atoms with Crippen molar-refractivity contribution in [2.75, 3.05) is 51.3 Å². The number of nitrogens with zero attached hydrogens (tertiary/aromatic N) is 5. The Kier molecular flexibility index (Phi) is 6.33. The highest BCUT2D eigenvalue weighted by atomic mass is 16.5. The molecule has 2 N–H and O–H groups in total. The fourth-order valence-corrected chi connectivity index (χ4v) is 3.70. The number of anilines is 1. The van der Waals surface area contributed by atoms with Crippen molar-refractivity contribution in [3.63, 3.8) is 0 Å². The number of rotatable bonds is 8. The summed E-state index contributed by atoms with van der Waals surface area (Å²) < 4.78 is 7.64. The fraction of sp³-hybridized carbons (Fsp3) is 0.476. The molecular weight excluding hydrogens is 368 g/mol. The largest absolute Gasteiger partial charge is 0.395 e. The molecule has 0 unspecified atom stereocenters. The van der Waals surface area contributed by atoms with Crippen molar-refractivity contribution in [1.82, 2.24) is 24.4 Å². The first-order valence-electron chi connectivity index (χ1n) is 10.2. The average molecular weight is 396 g/mol. The topological polar surface area (TPSA) is 88.3 Å². The van der Waals surface area contributed by atoms with Gasteiger partial charge in [-0.2, -0.15) is 0 Å². The highest BCUT2D eigenvalue weighted by Gasteiger charge is 2.18. The molecule has 8 nitrogen and oxygen atoms in total. The second-order valence-electron chi connectivity index (χ2n) is 7.20. The molecule has 29 heavy (non-hydrogen) atoms. The van der Waals surface area contributed by atoms with Crippen molar-refractivity contribution in [2.45, 2.75) is 19.9 Å². The number of aryl methyl sites for hydroxylation is 2. The maximum Gasteiger partial charge on any atom is 0.166 e. The second kappa shape index (κ2) is 9.30. The number of hydrogen-bond acceptors (Lipinski definition) is 7. The maximum atomic E-state index is 9.20. The smallest absolute Gasteiger partial charge is 0.166 e. The Hall–Kier alpha value is -2.55. The molecule has 1 aromatic carbocycles. The summed E-state index contributed by atoms with van der Waals surface area (Å²) >= 11 is 0. The van der Waals surface area contributed by atoms with Crippen molar-refractivity contribution in [2.24, 2.45) is 0 Å². The van der Waals surface area contributed by atoms with Crippen LogP contribution in [0.25, 0.3) is 22.6 Å². The van der Waals surface area contributed by atoms with Crippen molar-refractivity contribution in [3.05, 3.63) is 36.2 Å². The van der Waals surface area contributed by atoms with Crippen LogP contribution < -0.4 is 5.32 Å². The van der Waals surface area contributed by atoms with Gasteiger partial charge in [0.25, 0.3) is 0 Å². The third-order valence-corrected chi connectivity index (χ3v) is 5.10. The van der Waals surface area contributed by atoms with Crippen LogP contribution in [0.5, 0.6) is 0 Å². The van der Waals surface area contributed by atoms with Crippen LogP contribution >= 0.6 is 0 Å². The summed E-state index contributed by atoms with van der Waals surface area (Å²) in [7, 11) is 0. The molecule has 0 bridgehead atoms. The molecule has 2 aromatic heterocycles. The van der Waals surface area contributed by atoms with E-state index in [-0.39, 0.29) is 6.61 Å². The Bertz CT molecular complexity index is 937. The third-order valence-electron chi connectivity index (χ3n) is 5.10. The highest BCUT2D eigenvalue weighted by molar-refractivity contribution is 5.86. The third kappa shape index (κ3) is 4.55. The number of ether oxygens (including phenoxy) is 1. The van der Waals surface area contributed by atoms with Crippen LogP contribution in [-0.2, 0) is 11.3 Å². The number of morpholine rings is 1. The van der Waals surface area contributed by atoms with Gasteiger partial charge in [-0.3, -0.25) is 4.90 Å². The summed E-state index contributed by atoms with van der Waals surface area (Å²) in [5, 5.41) is 12.4. The van der Waals surface area contributed by atoms with Gasteiger partial charge in [-0.15, -0.1) is 0 Å². The van der Waals surface area contributed by atoms with E-state index in [1.807, 2.05) is 25.1 Å². The number of aliphatic hydroxyl groups excluding tert-OH is 1. The minimum Gasteiger partial charge on any atom is -0.395 e. The molecule has 1 aliphatic heterocycles. The summed E-state index contributed by atoms with van der Waals surface area (Å²) in [5.74, 6) is 2.26. The van der Waals surface area contributed by atoms with Crippen LogP contribution in [0.1, 0.15) is 12.2 Å². The van der Waals surface area contributed by atoms with Crippen LogP contribution in [0.15, 0.2) is 30.3 Å². The first-order chi connectivity index (χ1) is 14.3. The van der Waals surface area contributed by atoms with E-state index in [4.69, 9.17) is 14.7 Å². The Morgan fingerprint density at radius 3 is 2.62 bits per heavy atom. The zero-order valence-electron chi connectivity index (χ0n) is 16.8. The van der Waals surface area contributed by atoms with Gasteiger partial charge in [0.05, 0.1) is 19.8 Å². The molecule has 0 atom stereocenters. The van der Waals surface area contributed by atoms with E-state index in [1.165, 1.54) is 0 Å². The van der Waals surface area contributed by atoms with E-state index >= 15 is 0 Å². The van der Waals surface area contributed by atoms with E-state index in [9.17, 15) is 5.11 Å². The molecule has 1 aliphatic rings. The molecule has 0 radical (unpaired) electrons. The van der Waals surface area contributed by atoms with Gasteiger partial charge in [-0.05, 0) is 13.3 Å². The van der Waals surface area contributed by atoms with Gasteiger partial charge in [0.2, 0.25) is 0 Å². The highest BCUT2D eigenvalue weighted by Crippen LogP contribution is 2.27. The second-order valence-corrected chi connectivity index (χ2v) is 7.20. The van der Waals surface area contributed by atoms with Gasteiger partial charge in [0.1, 0.15) is 11.6 Å². The van der Waals surface area contributed by atoms with E-state index < -0.39 is 0 Å². The van der Waals surface area contributed by atoms with Crippen molar-refractivity contribution in [1.29, 1.82) is 0 Å². The molecule has 0 spiro atoms. The Labute approximate surface area is 170 Å². The molecule has 4 rings (SSSR count). The number of aromatic nitrogens is 4. The maximum absolute atomic E-state index is 9.20. The Balaban J connectivity index is 1.68. The summed E-state index contributed by atoms with van der Waals surface area (Å²) in [6.07, 6.45) is 1.01. The van der Waals surface area contributed by atoms with Gasteiger partial charge >= 0.3 is 0 Å². The summed E-state index contributed by atoms with van der Waals surface area (Å²) in [5.41, 5.74) is 2.63. The number of benzene rings is 1. The quantitative estimate of drug-likeness (QED) is 0.601. The van der Waals surface area contributed by atoms with Crippen molar-refractivity contribution >= 4 is 17.0 Å². The van der Waals surface area contributed by atoms with Crippen LogP contribution in [0.2, 0.25) is 0 Å². The SMILES string of the molecule is Cc1nc(NCCO)c2nc(-c3ccccc3)n(CCCN3CCOCC3)c2n1. The molecule has 154 valence electrons. The molecule has 0 saturated carbocycles. The average Bonchev–Trinajstić information content (AvgIpc) is 3.12. The van der Waals surface area contributed by atoms with Gasteiger partial charge in [0.15, 0.2) is 17.0 Å². The lowest BCUT2D eigenvalue weighted by Gasteiger charge is -2.26. The van der Waals surface area contributed by atoms with Crippen molar-refractivity contribution < 1.29 is 9.84 Å². The van der Waals surface area contributed by atoms with E-state index in [2.05, 4.69) is 31.9 Å². The molecule has 0 aliphatic carbocycles. The summed E-state index contributed by atoms with van der Waals surface area (Å²) in [6, 6.07) is 10.2. The van der Waals surface area contributed by atoms with Crippen LogP contribution in [0.4, 0.5) is 5.82 Å². The van der Waals surface area contributed by atoms with Crippen LogP contribution in [0, 0.1) is 6.92 Å². The summed E-state index contributed by atoms with van der Waals surface area (Å²) in [4.78, 5) is 16.6. The molecule has 1 saturated heterocycles. The standard InChI is InChI=1S/C21H28N6O2/c1-16-23-19(22-8-13-28)18-21(24-16)27(10-5-9-26-11-14-29-15-12-26)20(25-18)17-6-3-2-4-7-17/h2-4,6-7,28H,5,8-15H2,1H3,(H,22,23,24). The lowest BCUT2D eigenvalue weighted by Crippen LogP contribution is -2.37. The number of nitrogens with one attached hydrogen (secondary N) is 1. The monoisotopic (exact) mass is 396 g/mol. The first-order valence-corrected chi connectivity index (χ1v) is 10.2. The van der Waals surface area contributed by atoms with E-state index in [0.29, 0.717) is 18.2 Å². The molecule has 3 aromatic rings. The molecule has 3 heterocycles. The number of fused-ring (bicyclic) bond motifs is 1. The van der Waals surface area contributed by atoms with Crippen molar-refractivity contribution in [3.8, 4) is 11.4 Å². The Morgan fingerprint density at radius 2 is 1.86 bits per heavy atom. The lowest BCUT2D eigenvalue weighted by molar-refractivity contribution is 0.0370. The van der Waals surface area contributed by atoms with Gasteiger partial charge in [-0.25, -0.2) is 15.0 Å². The zero-order valence-corrected chi connectivity index (χ0v) is 16.8. The molecule has 8 heteroatoms. The Morgan fingerprint density at radius 1 is 1.07 bits per heavy atom. The van der Waals surface area contributed by atoms with Gasteiger partial charge in [0, 0.05) is 38.3 Å². The number of aliphatic hydroxyl groups is 1. The minimum absolute atomic E-state index is 0.0380. The first kappa shape index (κ1) is 19.8. The number of hydrogen-bond donors (Lipinski definition) is 2. The van der Waals surface area contributed by atoms with E-state index in [1.54, 1.807) is 0 Å². The predicted molar refractivity (Wildman–Crippen MR) is 113 cm³/mol. The molecular formula is C21H28N6O2. The van der Waals surface area contributed by atoms with Crippen LogP contribution in [-0.4, -0.2) is 75.5 Å². The lowest BCUT2D eigenvalue weighted by atomic mass is 10.2. The van der Waals surface area contributed by atoms with Crippen LogP contribution in [0.3, 0.4) is 0 Å². The molecule has 1 fully saturated rings. The molecule has 0 amide bonds. The predicted octanol–water partition coefficient (Wildman–Crippen LogP) is 1.93. The zero-order chi connectivity index (χ0) is 20.1. The minimum atomic E-state index is 0.0380. The van der Waals surface area contributed by atoms with Gasteiger partial charge < -0.3 is 19.7 Å². The number of imidazole rings is 1. The van der Waals surface area contributed by atoms with Gasteiger partial charge in [-0.1, -0.05) is 30.3 Å². The van der Waals surface area contributed by atoms with E-state index in [0.717, 1.165) is 68.4 Å². The summed E-state index contributed by atoms with van der Waals surface area (Å²) in [6.45, 7) is 7.82.